The molecule has 7 heteroatoms. The molecule has 2 rings (SSSR count). The van der Waals surface area contributed by atoms with Crippen LogP contribution in [0.15, 0.2) is 16.6 Å². The third kappa shape index (κ3) is 3.16. The summed E-state index contributed by atoms with van der Waals surface area (Å²) in [5.74, 6) is -1.30. The number of rotatable bonds is 4. The fourth-order valence-corrected chi connectivity index (χ4v) is 2.97. The zero-order valence-corrected chi connectivity index (χ0v) is 12.8. The average molecular weight is 348 g/mol. The van der Waals surface area contributed by atoms with Crippen LogP contribution >= 0.6 is 27.3 Å². The van der Waals surface area contributed by atoms with Crippen molar-refractivity contribution in [2.75, 3.05) is 6.54 Å². The van der Waals surface area contributed by atoms with E-state index in [2.05, 4.69) is 31.4 Å². The molecule has 0 fully saturated rings. The van der Waals surface area contributed by atoms with Gasteiger partial charge in [0.25, 0.3) is 0 Å². The van der Waals surface area contributed by atoms with E-state index in [1.807, 2.05) is 13.8 Å². The monoisotopic (exact) mass is 347 g/mol. The quantitative estimate of drug-likeness (QED) is 0.910. The molecule has 3 nitrogen and oxygen atoms in total. The lowest BCUT2D eigenvalue weighted by Crippen LogP contribution is -2.17. The second kappa shape index (κ2) is 6.02. The summed E-state index contributed by atoms with van der Waals surface area (Å²) in [4.78, 5) is 0. The molecular formula is C12H12BrF2N3S. The number of nitrogens with zero attached hydrogens (tertiary/aromatic N) is 2. The van der Waals surface area contributed by atoms with E-state index < -0.39 is 11.6 Å². The van der Waals surface area contributed by atoms with E-state index in [0.717, 1.165) is 6.54 Å². The van der Waals surface area contributed by atoms with Gasteiger partial charge in [-0.15, -0.1) is 10.2 Å². The molecule has 1 N–H and O–H groups in total. The molecule has 0 spiro atoms. The Labute approximate surface area is 122 Å². The van der Waals surface area contributed by atoms with Crippen LogP contribution in [0.25, 0.3) is 10.6 Å². The van der Waals surface area contributed by atoms with Crippen molar-refractivity contribution in [3.05, 3.63) is 33.2 Å². The standard InChI is InChI=1S/C12H12BrF2N3S/c1-3-16-6(2)11-17-18-12(19-11)10-8(14)4-7(13)5-9(10)15/h4-6,16H,3H2,1-2H3. The molecule has 0 bridgehead atoms. The van der Waals surface area contributed by atoms with Gasteiger partial charge in [0.15, 0.2) is 5.01 Å². The number of nitrogens with one attached hydrogen (secondary N) is 1. The van der Waals surface area contributed by atoms with Crippen molar-refractivity contribution in [2.45, 2.75) is 19.9 Å². The highest BCUT2D eigenvalue weighted by Crippen LogP contribution is 2.32. The summed E-state index contributed by atoms with van der Waals surface area (Å²) >= 11 is 4.23. The van der Waals surface area contributed by atoms with E-state index in [4.69, 9.17) is 0 Å². The van der Waals surface area contributed by atoms with Gasteiger partial charge in [0, 0.05) is 4.47 Å². The first kappa shape index (κ1) is 14.5. The molecule has 19 heavy (non-hydrogen) atoms. The molecule has 2 aromatic rings. The molecular weight excluding hydrogens is 336 g/mol. The Hall–Kier alpha value is -0.920. The Morgan fingerprint density at radius 1 is 1.32 bits per heavy atom. The summed E-state index contributed by atoms with van der Waals surface area (Å²) in [5, 5.41) is 12.0. The van der Waals surface area contributed by atoms with Crippen molar-refractivity contribution in [1.29, 1.82) is 0 Å². The van der Waals surface area contributed by atoms with E-state index >= 15 is 0 Å². The fourth-order valence-electron chi connectivity index (χ4n) is 1.65. The van der Waals surface area contributed by atoms with Crippen LogP contribution in [0.3, 0.4) is 0 Å². The molecule has 0 aliphatic rings. The number of benzene rings is 1. The molecule has 1 aromatic heterocycles. The normalized spacial score (nSPS) is 12.7. The lowest BCUT2D eigenvalue weighted by atomic mass is 10.2. The first-order valence-electron chi connectivity index (χ1n) is 5.74. The van der Waals surface area contributed by atoms with Crippen LogP contribution in [0.1, 0.15) is 24.9 Å². The van der Waals surface area contributed by atoms with E-state index in [1.54, 1.807) is 0 Å². The number of halogens is 3. The highest BCUT2D eigenvalue weighted by atomic mass is 79.9. The first-order chi connectivity index (χ1) is 9.02. The Balaban J connectivity index is 2.38. The zero-order valence-electron chi connectivity index (χ0n) is 10.4. The van der Waals surface area contributed by atoms with Crippen molar-refractivity contribution in [3.63, 3.8) is 0 Å². The second-order valence-corrected chi connectivity index (χ2v) is 5.89. The predicted molar refractivity (Wildman–Crippen MR) is 75.1 cm³/mol. The fraction of sp³-hybridized carbons (Fsp3) is 0.333. The van der Waals surface area contributed by atoms with Gasteiger partial charge in [0.05, 0.1) is 11.6 Å². The van der Waals surface area contributed by atoms with Gasteiger partial charge in [0.2, 0.25) is 0 Å². The second-order valence-electron chi connectivity index (χ2n) is 3.97. The summed E-state index contributed by atoms with van der Waals surface area (Å²) in [6, 6.07) is 2.44. The minimum Gasteiger partial charge on any atom is -0.308 e. The topological polar surface area (TPSA) is 37.8 Å². The molecule has 0 amide bonds. The van der Waals surface area contributed by atoms with Crippen LogP contribution in [-0.4, -0.2) is 16.7 Å². The van der Waals surface area contributed by atoms with E-state index in [-0.39, 0.29) is 16.6 Å². The van der Waals surface area contributed by atoms with E-state index in [0.29, 0.717) is 9.48 Å². The van der Waals surface area contributed by atoms with Gasteiger partial charge >= 0.3 is 0 Å². The van der Waals surface area contributed by atoms with Gasteiger partial charge in [-0.25, -0.2) is 8.78 Å². The molecule has 1 aromatic carbocycles. The Morgan fingerprint density at radius 3 is 2.53 bits per heavy atom. The SMILES string of the molecule is CCNC(C)c1nnc(-c2c(F)cc(Br)cc2F)s1. The minimum atomic E-state index is -0.648. The van der Waals surface area contributed by atoms with Gasteiger partial charge in [-0.05, 0) is 25.6 Å². The molecule has 0 aliphatic heterocycles. The van der Waals surface area contributed by atoms with Gasteiger partial charge in [0.1, 0.15) is 16.6 Å². The Morgan fingerprint density at radius 2 is 1.95 bits per heavy atom. The third-order valence-electron chi connectivity index (χ3n) is 2.54. The third-order valence-corrected chi connectivity index (χ3v) is 4.12. The van der Waals surface area contributed by atoms with Crippen LogP contribution in [0, 0.1) is 11.6 Å². The summed E-state index contributed by atoms with van der Waals surface area (Å²) in [7, 11) is 0. The number of hydrogen-bond acceptors (Lipinski definition) is 4. The minimum absolute atomic E-state index is 0.0119. The molecule has 1 heterocycles. The van der Waals surface area contributed by atoms with Crippen LogP contribution in [0.2, 0.25) is 0 Å². The maximum atomic E-state index is 13.8. The highest BCUT2D eigenvalue weighted by Gasteiger charge is 2.19. The lowest BCUT2D eigenvalue weighted by Gasteiger charge is -2.06. The maximum Gasteiger partial charge on any atom is 0.153 e. The molecule has 1 unspecified atom stereocenters. The summed E-state index contributed by atoms with van der Waals surface area (Å²) in [6.45, 7) is 4.70. The van der Waals surface area contributed by atoms with Gasteiger partial charge in [-0.2, -0.15) is 0 Å². The van der Waals surface area contributed by atoms with E-state index in [1.165, 1.54) is 23.5 Å². The van der Waals surface area contributed by atoms with Crippen LogP contribution < -0.4 is 5.32 Å². The van der Waals surface area contributed by atoms with Gasteiger partial charge in [-0.1, -0.05) is 34.2 Å². The Kier molecular flexibility index (Phi) is 4.59. The molecule has 0 radical (unpaired) electrons. The van der Waals surface area contributed by atoms with Crippen molar-refractivity contribution in [1.82, 2.24) is 15.5 Å². The Bertz CT molecular complexity index is 565. The van der Waals surface area contributed by atoms with Crippen molar-refractivity contribution in [3.8, 4) is 10.6 Å². The van der Waals surface area contributed by atoms with Crippen LogP contribution in [-0.2, 0) is 0 Å². The van der Waals surface area contributed by atoms with Crippen LogP contribution in [0.4, 0.5) is 8.78 Å². The summed E-state index contributed by atoms with van der Waals surface area (Å²) < 4.78 is 28.0. The lowest BCUT2D eigenvalue weighted by molar-refractivity contribution is 0.586. The van der Waals surface area contributed by atoms with E-state index in [9.17, 15) is 8.78 Å². The van der Waals surface area contributed by atoms with Crippen molar-refractivity contribution in [2.24, 2.45) is 0 Å². The highest BCUT2D eigenvalue weighted by molar-refractivity contribution is 9.10. The number of aromatic nitrogens is 2. The first-order valence-corrected chi connectivity index (χ1v) is 7.35. The molecule has 0 saturated heterocycles. The molecule has 102 valence electrons. The smallest absolute Gasteiger partial charge is 0.153 e. The molecule has 0 saturated carbocycles. The van der Waals surface area contributed by atoms with Crippen molar-refractivity contribution >= 4 is 27.3 Å². The van der Waals surface area contributed by atoms with Gasteiger partial charge < -0.3 is 5.32 Å². The summed E-state index contributed by atoms with van der Waals surface area (Å²) in [5.41, 5.74) is -0.129. The molecule has 0 aliphatic carbocycles. The van der Waals surface area contributed by atoms with Crippen LogP contribution in [0.5, 0.6) is 0 Å². The van der Waals surface area contributed by atoms with Gasteiger partial charge in [-0.3, -0.25) is 0 Å². The zero-order chi connectivity index (χ0) is 14.0. The number of hydrogen-bond donors (Lipinski definition) is 1. The molecule has 1 atom stereocenters. The maximum absolute atomic E-state index is 13.8. The average Bonchev–Trinajstić information content (AvgIpc) is 2.77. The van der Waals surface area contributed by atoms with Crippen molar-refractivity contribution < 1.29 is 8.78 Å². The largest absolute Gasteiger partial charge is 0.308 e. The predicted octanol–water partition coefficient (Wildman–Crippen LogP) is 3.92. The summed E-state index contributed by atoms with van der Waals surface area (Å²) in [6.07, 6.45) is 0.